The van der Waals surface area contributed by atoms with Gasteiger partial charge in [0, 0.05) is 38.6 Å². The van der Waals surface area contributed by atoms with Crippen LogP contribution in [0.25, 0.3) is 0 Å². The minimum atomic E-state index is 0. The number of hydrogen-bond acceptors (Lipinski definition) is 4. The van der Waals surface area contributed by atoms with E-state index in [1.54, 1.807) is 0 Å². The third-order valence-electron chi connectivity index (χ3n) is 4.65. The highest BCUT2D eigenvalue weighted by Crippen LogP contribution is 2.28. The topological polar surface area (TPSA) is 64.1 Å². The molecule has 2 unspecified atom stereocenters. The Labute approximate surface area is 179 Å². The molecule has 0 spiro atoms. The fourth-order valence-electron chi connectivity index (χ4n) is 3.24. The number of halogens is 1. The van der Waals surface area contributed by atoms with Gasteiger partial charge in [0.1, 0.15) is 11.9 Å². The zero-order chi connectivity index (χ0) is 18.0. The molecule has 0 bridgehead atoms. The van der Waals surface area contributed by atoms with Crippen molar-refractivity contribution >= 4 is 29.9 Å². The van der Waals surface area contributed by atoms with E-state index in [1.165, 1.54) is 5.56 Å². The van der Waals surface area contributed by atoms with Gasteiger partial charge in [-0.2, -0.15) is 0 Å². The molecule has 2 atom stereocenters. The van der Waals surface area contributed by atoms with E-state index in [2.05, 4.69) is 34.7 Å². The van der Waals surface area contributed by atoms with Crippen LogP contribution >= 0.6 is 24.0 Å². The number of benzene rings is 1. The Balaban J connectivity index is 0.00000261. The number of para-hydroxylation sites is 1. The number of nitrogens with one attached hydrogen (secondary N) is 2. The Bertz CT molecular complexity index is 554. The molecule has 3 rings (SSSR count). The summed E-state index contributed by atoms with van der Waals surface area (Å²) in [6.45, 7) is 7.73. The fourth-order valence-corrected chi connectivity index (χ4v) is 3.24. The van der Waals surface area contributed by atoms with Crippen molar-refractivity contribution in [2.24, 2.45) is 10.9 Å². The number of rotatable bonds is 9. The number of aliphatic imine (C=N–C) groups is 1. The van der Waals surface area contributed by atoms with E-state index >= 15 is 0 Å². The Morgan fingerprint density at radius 3 is 2.96 bits per heavy atom. The molecular formula is C20H32IN3O3. The smallest absolute Gasteiger partial charge is 0.191 e. The van der Waals surface area contributed by atoms with E-state index in [-0.39, 0.29) is 30.1 Å². The summed E-state index contributed by atoms with van der Waals surface area (Å²) < 4.78 is 17.0. The maximum atomic E-state index is 5.95. The van der Waals surface area contributed by atoms with Gasteiger partial charge >= 0.3 is 0 Å². The summed E-state index contributed by atoms with van der Waals surface area (Å²) in [6, 6.07) is 8.22. The largest absolute Gasteiger partial charge is 0.488 e. The molecule has 7 heteroatoms. The van der Waals surface area contributed by atoms with Crippen LogP contribution in [0.5, 0.6) is 5.75 Å². The maximum Gasteiger partial charge on any atom is 0.191 e. The van der Waals surface area contributed by atoms with Crippen molar-refractivity contribution in [1.82, 2.24) is 10.6 Å². The molecule has 0 saturated carbocycles. The highest BCUT2D eigenvalue weighted by Gasteiger charge is 2.21. The lowest BCUT2D eigenvalue weighted by atomic mass is 10.1. The Morgan fingerprint density at radius 1 is 1.30 bits per heavy atom. The molecule has 1 aromatic rings. The molecule has 1 fully saturated rings. The molecule has 2 aliphatic rings. The van der Waals surface area contributed by atoms with Crippen molar-refractivity contribution < 1.29 is 14.2 Å². The van der Waals surface area contributed by atoms with Crippen LogP contribution in [0.15, 0.2) is 29.3 Å². The molecule has 6 nitrogen and oxygen atoms in total. The normalized spacial score (nSPS) is 21.3. The Morgan fingerprint density at radius 2 is 2.19 bits per heavy atom. The average Bonchev–Trinajstić information content (AvgIpc) is 3.31. The van der Waals surface area contributed by atoms with Crippen LogP contribution < -0.4 is 15.4 Å². The van der Waals surface area contributed by atoms with Crippen LogP contribution in [-0.2, 0) is 15.9 Å². The zero-order valence-corrected chi connectivity index (χ0v) is 18.4. The number of guanidine groups is 1. The van der Waals surface area contributed by atoms with Crippen molar-refractivity contribution in [2.75, 3.05) is 46.1 Å². The first-order chi connectivity index (χ1) is 12.8. The van der Waals surface area contributed by atoms with Gasteiger partial charge < -0.3 is 24.8 Å². The van der Waals surface area contributed by atoms with Crippen molar-refractivity contribution in [1.29, 1.82) is 0 Å². The molecule has 27 heavy (non-hydrogen) atoms. The summed E-state index contributed by atoms with van der Waals surface area (Å²) in [5.41, 5.74) is 1.27. The van der Waals surface area contributed by atoms with Crippen molar-refractivity contribution in [2.45, 2.75) is 32.3 Å². The quantitative estimate of drug-likeness (QED) is 0.242. The van der Waals surface area contributed by atoms with Crippen LogP contribution in [0.1, 0.15) is 25.3 Å². The predicted molar refractivity (Wildman–Crippen MR) is 118 cm³/mol. The van der Waals surface area contributed by atoms with Gasteiger partial charge in [0.25, 0.3) is 0 Å². The molecule has 0 amide bonds. The van der Waals surface area contributed by atoms with Gasteiger partial charge in [0.15, 0.2) is 5.96 Å². The highest BCUT2D eigenvalue weighted by molar-refractivity contribution is 14.0. The van der Waals surface area contributed by atoms with E-state index in [0.29, 0.717) is 12.5 Å². The first kappa shape index (κ1) is 22.2. The van der Waals surface area contributed by atoms with Gasteiger partial charge in [-0.25, -0.2) is 4.99 Å². The molecule has 0 aliphatic carbocycles. The van der Waals surface area contributed by atoms with Crippen LogP contribution in [-0.4, -0.2) is 58.1 Å². The molecule has 152 valence electrons. The van der Waals surface area contributed by atoms with Crippen molar-refractivity contribution in [3.63, 3.8) is 0 Å². The van der Waals surface area contributed by atoms with Gasteiger partial charge in [0.2, 0.25) is 0 Å². The molecule has 2 heterocycles. The van der Waals surface area contributed by atoms with Crippen LogP contribution in [0, 0.1) is 5.92 Å². The Hall–Kier alpha value is -1.06. The summed E-state index contributed by atoms with van der Waals surface area (Å²) in [5.74, 6) is 2.42. The minimum absolute atomic E-state index is 0. The molecular weight excluding hydrogens is 457 g/mol. The summed E-state index contributed by atoms with van der Waals surface area (Å²) >= 11 is 0. The van der Waals surface area contributed by atoms with E-state index in [4.69, 9.17) is 14.2 Å². The van der Waals surface area contributed by atoms with E-state index in [9.17, 15) is 0 Å². The highest BCUT2D eigenvalue weighted by atomic mass is 127. The molecule has 0 aromatic heterocycles. The minimum Gasteiger partial charge on any atom is -0.488 e. The standard InChI is InChI=1S/C20H31N3O3.HI/c1-2-21-20(22-9-5-10-24-14-16-8-11-25-15-16)23-13-18-12-17-6-3-4-7-19(17)26-18;/h3-4,6-7,16,18H,2,5,8-15H2,1H3,(H2,21,22,23);1H. The second-order valence-corrected chi connectivity index (χ2v) is 6.86. The predicted octanol–water partition coefficient (Wildman–Crippen LogP) is 2.61. The lowest BCUT2D eigenvalue weighted by Crippen LogP contribution is -2.39. The first-order valence-corrected chi connectivity index (χ1v) is 9.77. The first-order valence-electron chi connectivity index (χ1n) is 9.77. The average molecular weight is 489 g/mol. The van der Waals surface area contributed by atoms with Crippen molar-refractivity contribution in [3.05, 3.63) is 29.8 Å². The number of nitrogens with zero attached hydrogens (tertiary/aromatic N) is 1. The third kappa shape index (κ3) is 7.46. The number of fused-ring (bicyclic) bond motifs is 1. The second kappa shape index (κ2) is 12.4. The van der Waals surface area contributed by atoms with Crippen LogP contribution in [0.2, 0.25) is 0 Å². The Kier molecular flexibility index (Phi) is 10.2. The van der Waals surface area contributed by atoms with E-state index in [1.807, 2.05) is 12.1 Å². The maximum absolute atomic E-state index is 5.95. The second-order valence-electron chi connectivity index (χ2n) is 6.86. The van der Waals surface area contributed by atoms with E-state index < -0.39 is 0 Å². The summed E-state index contributed by atoms with van der Waals surface area (Å²) in [7, 11) is 0. The van der Waals surface area contributed by atoms with Gasteiger partial charge in [0.05, 0.1) is 19.8 Å². The SMILES string of the molecule is CCNC(=NCC1Cc2ccccc2O1)NCCCOCC1CCOC1.I. The summed E-state index contributed by atoms with van der Waals surface area (Å²) in [4.78, 5) is 4.67. The van der Waals surface area contributed by atoms with Gasteiger partial charge in [-0.05, 0) is 31.4 Å². The number of hydrogen-bond donors (Lipinski definition) is 2. The zero-order valence-electron chi connectivity index (χ0n) is 16.1. The number of ether oxygens (including phenoxy) is 3. The molecule has 1 aromatic carbocycles. The molecule has 2 N–H and O–H groups in total. The van der Waals surface area contributed by atoms with Gasteiger partial charge in [-0.15, -0.1) is 24.0 Å². The fraction of sp³-hybridized carbons (Fsp3) is 0.650. The molecule has 0 radical (unpaired) electrons. The monoisotopic (exact) mass is 489 g/mol. The van der Waals surface area contributed by atoms with Gasteiger partial charge in [-0.3, -0.25) is 0 Å². The van der Waals surface area contributed by atoms with Gasteiger partial charge in [-0.1, -0.05) is 18.2 Å². The molecule has 1 saturated heterocycles. The lowest BCUT2D eigenvalue weighted by Gasteiger charge is -2.13. The third-order valence-corrected chi connectivity index (χ3v) is 4.65. The van der Waals surface area contributed by atoms with Crippen LogP contribution in [0.3, 0.4) is 0 Å². The van der Waals surface area contributed by atoms with Crippen LogP contribution in [0.4, 0.5) is 0 Å². The van der Waals surface area contributed by atoms with E-state index in [0.717, 1.165) is 70.5 Å². The van der Waals surface area contributed by atoms with Crippen molar-refractivity contribution in [3.8, 4) is 5.75 Å². The summed E-state index contributed by atoms with van der Waals surface area (Å²) in [6.07, 6.45) is 3.14. The summed E-state index contributed by atoms with van der Waals surface area (Å²) in [5, 5.41) is 6.66. The molecule has 2 aliphatic heterocycles. The lowest BCUT2D eigenvalue weighted by molar-refractivity contribution is 0.0888.